The molecule has 0 saturated carbocycles. The van der Waals surface area contributed by atoms with Gasteiger partial charge < -0.3 is 19.0 Å². The zero-order valence-corrected chi connectivity index (χ0v) is 32.4. The van der Waals surface area contributed by atoms with Crippen LogP contribution in [0.25, 0.3) is 22.3 Å². The Morgan fingerprint density at radius 2 is 0.854 bits per heavy atom. The van der Waals surface area contributed by atoms with Gasteiger partial charge in [0, 0.05) is 13.2 Å². The van der Waals surface area contributed by atoms with Crippen LogP contribution in [0.4, 0.5) is 0 Å². The van der Waals surface area contributed by atoms with E-state index in [2.05, 4.69) is 114 Å². The third-order valence-corrected chi connectivity index (χ3v) is 18.9. The Hall–Kier alpha value is -3.69. The molecule has 258 valence electrons. The molecule has 0 amide bonds. The largest absolute Gasteiger partial charge is 0.497 e. The molecule has 0 atom stereocenters. The zero-order chi connectivity index (χ0) is 35.4. The van der Waals surface area contributed by atoms with Gasteiger partial charge in [0.25, 0.3) is 0 Å². The Bertz CT molecular complexity index is 1440. The number of aliphatic hydroxyl groups is 1. The molecule has 0 fully saturated rings. The number of aliphatic hydroxyl groups excluding tert-OH is 1. The van der Waals surface area contributed by atoms with Gasteiger partial charge in [-0.15, -0.1) is 13.2 Å². The lowest BCUT2D eigenvalue weighted by atomic mass is 10.1. The summed E-state index contributed by atoms with van der Waals surface area (Å²) in [4.78, 5) is 0. The van der Waals surface area contributed by atoms with E-state index >= 15 is 0 Å². The molecule has 48 heavy (non-hydrogen) atoms. The van der Waals surface area contributed by atoms with Crippen molar-refractivity contribution < 1.29 is 19.0 Å². The lowest BCUT2D eigenvalue weighted by Crippen LogP contribution is -2.50. The number of rotatable bonds is 15. The van der Waals surface area contributed by atoms with Crippen molar-refractivity contribution in [2.45, 2.75) is 64.8 Å². The lowest BCUT2D eigenvalue weighted by Gasteiger charge is -2.29. The quantitative estimate of drug-likeness (QED) is 0.100. The minimum Gasteiger partial charge on any atom is -0.497 e. The van der Waals surface area contributed by atoms with E-state index < -0.39 is 16.4 Å². The van der Waals surface area contributed by atoms with E-state index in [-0.39, 0.29) is 6.61 Å². The minimum atomic E-state index is -2.07. The van der Waals surface area contributed by atoms with E-state index in [1.807, 2.05) is 36.4 Å². The van der Waals surface area contributed by atoms with Crippen LogP contribution < -0.4 is 19.8 Å². The Labute approximate surface area is 293 Å². The molecule has 0 aliphatic carbocycles. The highest BCUT2D eigenvalue weighted by atomic mass is 28.4. The first-order valence-electron chi connectivity index (χ1n) is 17.3. The molecular weight excluding hydrogens is 625 g/mol. The maximum Gasteiger partial charge on any atom is 0.231 e. The Morgan fingerprint density at radius 3 is 1.12 bits per heavy atom. The van der Waals surface area contributed by atoms with Crippen LogP contribution in [0.3, 0.4) is 0 Å². The molecule has 0 unspecified atom stereocenters. The molecule has 0 heterocycles. The minimum absolute atomic E-state index is 0.250. The second-order valence-corrected chi connectivity index (χ2v) is 20.6. The standard InChI is InChI=1S/C21H26O2Si.C19H26OSi.C2H6O/c1-5-16-24(17-6-2,23-7-3)21-14-10-19(11-15-21)18-8-12-20(22-4)13-9-18;1-5-21(6-2,7-3)19-14-10-17(11-15-19)16-8-12-18(20-4)13-9-16;1-2-3/h5-6,8-15H,1-2,7,16-17H2,3-4H3;8-15H,5-7H2,1-4H3;3H,2H2,1H3. The van der Waals surface area contributed by atoms with Crippen LogP contribution in [0.2, 0.25) is 30.2 Å². The Morgan fingerprint density at radius 1 is 0.542 bits per heavy atom. The molecule has 0 spiro atoms. The molecule has 4 nitrogen and oxygen atoms in total. The topological polar surface area (TPSA) is 47.9 Å². The van der Waals surface area contributed by atoms with Crippen LogP contribution >= 0.6 is 0 Å². The summed E-state index contributed by atoms with van der Waals surface area (Å²) in [5.74, 6) is 1.78. The van der Waals surface area contributed by atoms with Crippen molar-refractivity contribution in [1.82, 2.24) is 0 Å². The molecule has 4 aromatic rings. The normalized spacial score (nSPS) is 10.9. The van der Waals surface area contributed by atoms with Crippen molar-refractivity contribution in [2.24, 2.45) is 0 Å². The number of methoxy groups -OCH3 is 2. The predicted octanol–water partition coefficient (Wildman–Crippen LogP) is 10.00. The summed E-state index contributed by atoms with van der Waals surface area (Å²) in [7, 11) is 0.0657. The summed E-state index contributed by atoms with van der Waals surface area (Å²) in [6, 6.07) is 40.2. The summed E-state index contributed by atoms with van der Waals surface area (Å²) < 4.78 is 16.7. The highest BCUT2D eigenvalue weighted by Crippen LogP contribution is 2.26. The SMILES string of the molecule is C=CC[Si](CC=C)(OCC)c1ccc(-c2ccc(OC)cc2)cc1.CCO.CC[Si](CC)(CC)c1ccc(-c2ccc(OC)cc2)cc1. The first kappa shape index (κ1) is 40.5. The van der Waals surface area contributed by atoms with Gasteiger partial charge in [0.2, 0.25) is 8.32 Å². The van der Waals surface area contributed by atoms with E-state index in [1.165, 1.54) is 45.6 Å². The van der Waals surface area contributed by atoms with Gasteiger partial charge in [-0.2, -0.15) is 0 Å². The van der Waals surface area contributed by atoms with Gasteiger partial charge in [-0.25, -0.2) is 0 Å². The molecule has 0 radical (unpaired) electrons. The van der Waals surface area contributed by atoms with Crippen molar-refractivity contribution in [3.05, 3.63) is 122 Å². The zero-order valence-electron chi connectivity index (χ0n) is 30.4. The van der Waals surface area contributed by atoms with E-state index in [0.29, 0.717) is 6.61 Å². The van der Waals surface area contributed by atoms with E-state index in [0.717, 1.165) is 23.6 Å². The average Bonchev–Trinajstić information content (AvgIpc) is 3.14. The molecule has 0 aliphatic rings. The van der Waals surface area contributed by atoms with Crippen molar-refractivity contribution in [3.63, 3.8) is 0 Å². The fourth-order valence-corrected chi connectivity index (χ4v) is 13.1. The Kier molecular flexibility index (Phi) is 18.0. The molecule has 0 aromatic heterocycles. The predicted molar refractivity (Wildman–Crippen MR) is 213 cm³/mol. The van der Waals surface area contributed by atoms with Gasteiger partial charge >= 0.3 is 0 Å². The Balaban J connectivity index is 0.000000310. The molecule has 0 bridgehead atoms. The molecule has 6 heteroatoms. The van der Waals surface area contributed by atoms with Crippen molar-refractivity contribution in [2.75, 3.05) is 27.4 Å². The molecule has 4 rings (SSSR count). The summed E-state index contributed by atoms with van der Waals surface area (Å²) in [6.45, 7) is 19.6. The van der Waals surface area contributed by atoms with Gasteiger partial charge in [-0.3, -0.25) is 0 Å². The second kappa shape index (κ2) is 21.3. The van der Waals surface area contributed by atoms with Crippen LogP contribution in [-0.4, -0.2) is 48.9 Å². The van der Waals surface area contributed by atoms with Gasteiger partial charge in [-0.1, -0.05) is 129 Å². The van der Waals surface area contributed by atoms with Crippen molar-refractivity contribution in [1.29, 1.82) is 0 Å². The highest BCUT2D eigenvalue weighted by molar-refractivity contribution is 6.91. The van der Waals surface area contributed by atoms with Crippen molar-refractivity contribution in [3.8, 4) is 33.8 Å². The number of hydrogen-bond donors (Lipinski definition) is 1. The third-order valence-electron chi connectivity index (χ3n) is 9.15. The summed E-state index contributed by atoms with van der Waals surface area (Å²) in [5.41, 5.74) is 4.91. The van der Waals surface area contributed by atoms with E-state index in [1.54, 1.807) is 26.3 Å². The third kappa shape index (κ3) is 10.9. The molecule has 0 aliphatic heterocycles. The molecule has 4 aromatic carbocycles. The van der Waals surface area contributed by atoms with Gasteiger partial charge in [0.05, 0.1) is 22.3 Å². The maximum absolute atomic E-state index is 7.57. The summed E-state index contributed by atoms with van der Waals surface area (Å²) in [6.07, 6.45) is 3.95. The van der Waals surface area contributed by atoms with Crippen LogP contribution in [0.15, 0.2) is 122 Å². The van der Waals surface area contributed by atoms with Gasteiger partial charge in [0.15, 0.2) is 0 Å². The highest BCUT2D eigenvalue weighted by Gasteiger charge is 2.34. The fourth-order valence-electron chi connectivity index (χ4n) is 6.17. The summed E-state index contributed by atoms with van der Waals surface area (Å²) >= 11 is 0. The number of hydrogen-bond acceptors (Lipinski definition) is 4. The fraction of sp³-hybridized carbons (Fsp3) is 0.333. The first-order valence-corrected chi connectivity index (χ1v) is 22.2. The van der Waals surface area contributed by atoms with Crippen LogP contribution in [0.5, 0.6) is 11.5 Å². The molecule has 0 saturated heterocycles. The molecular formula is C42H58O4Si2. The number of benzene rings is 4. The average molecular weight is 683 g/mol. The monoisotopic (exact) mass is 682 g/mol. The number of allylic oxidation sites excluding steroid dienone is 2. The van der Waals surface area contributed by atoms with E-state index in [4.69, 9.17) is 19.0 Å². The first-order chi connectivity index (χ1) is 23.3. The van der Waals surface area contributed by atoms with E-state index in [9.17, 15) is 0 Å². The summed E-state index contributed by atoms with van der Waals surface area (Å²) in [5, 5.41) is 10.5. The number of ether oxygens (including phenoxy) is 2. The van der Waals surface area contributed by atoms with Crippen LogP contribution in [0, 0.1) is 0 Å². The van der Waals surface area contributed by atoms with Gasteiger partial charge in [-0.05, 0) is 77.6 Å². The smallest absolute Gasteiger partial charge is 0.231 e. The lowest BCUT2D eigenvalue weighted by molar-refractivity contribution is 0.318. The van der Waals surface area contributed by atoms with Gasteiger partial charge in [0.1, 0.15) is 11.5 Å². The van der Waals surface area contributed by atoms with Crippen LogP contribution in [-0.2, 0) is 4.43 Å². The maximum atomic E-state index is 7.57. The second-order valence-electron chi connectivity index (χ2n) is 11.7. The van der Waals surface area contributed by atoms with Crippen molar-refractivity contribution >= 4 is 26.8 Å². The van der Waals surface area contributed by atoms with Crippen LogP contribution in [0.1, 0.15) is 34.6 Å². The molecule has 1 N–H and O–H groups in total.